The van der Waals surface area contributed by atoms with Gasteiger partial charge >= 0.3 is 0 Å². The maximum Gasteiger partial charge on any atom is 0.0546 e. The lowest BCUT2D eigenvalue weighted by molar-refractivity contribution is 0.660. The first-order valence-electron chi connectivity index (χ1n) is 20.9. The van der Waals surface area contributed by atoms with Crippen molar-refractivity contribution in [3.05, 3.63) is 222 Å². The first-order chi connectivity index (χ1) is 28.8. The van der Waals surface area contributed by atoms with Crippen molar-refractivity contribution in [2.45, 2.75) is 38.5 Å². The van der Waals surface area contributed by atoms with Crippen LogP contribution in [0.15, 0.2) is 200 Å². The third kappa shape index (κ3) is 5.31. The first-order valence-corrected chi connectivity index (χ1v) is 20.9. The SMILES string of the molecule is CC1(C)c2ccccc2-c2ccc(N(c3cccc(-c4ccccc4)c3-c3ccccc3)c3ccc4ccccc4c3-c3cccc4c3-c3ccccc3C4(C)C)cc21. The molecular formula is C58H45N. The standard InChI is InChI=1S/C58H45N/c1-57(2)49-30-16-14-26-46(49)55-47(28-17-31-50(55)57)56-43-24-12-11-21-39(43)33-36-53(56)59(41-34-35-45-44-25-13-15-29-48(44)58(3,4)51(45)37-41)52-32-18-27-42(38-19-7-5-8-20-38)54(52)40-22-9-6-10-23-40/h5-37H,1-4H3. The highest BCUT2D eigenvalue weighted by Gasteiger charge is 2.39. The van der Waals surface area contributed by atoms with Gasteiger partial charge in [0.2, 0.25) is 0 Å². The van der Waals surface area contributed by atoms with Gasteiger partial charge in [0, 0.05) is 27.6 Å². The molecule has 0 unspecified atom stereocenters. The van der Waals surface area contributed by atoms with Crippen LogP contribution in [0, 0.1) is 0 Å². The highest BCUT2D eigenvalue weighted by molar-refractivity contribution is 6.11. The summed E-state index contributed by atoms with van der Waals surface area (Å²) < 4.78 is 0. The molecule has 0 bridgehead atoms. The third-order valence-corrected chi connectivity index (χ3v) is 13.3. The fourth-order valence-corrected chi connectivity index (χ4v) is 10.4. The monoisotopic (exact) mass is 755 g/mol. The molecule has 1 nitrogen and oxygen atoms in total. The van der Waals surface area contributed by atoms with Crippen LogP contribution < -0.4 is 4.90 Å². The smallest absolute Gasteiger partial charge is 0.0546 e. The number of rotatable bonds is 6. The molecule has 0 amide bonds. The zero-order valence-electron chi connectivity index (χ0n) is 34.0. The Balaban J connectivity index is 1.27. The summed E-state index contributed by atoms with van der Waals surface area (Å²) in [7, 11) is 0. The quantitative estimate of drug-likeness (QED) is 0.163. The summed E-state index contributed by atoms with van der Waals surface area (Å²) in [6, 6.07) is 74.5. The summed E-state index contributed by atoms with van der Waals surface area (Å²) >= 11 is 0. The molecule has 9 aromatic rings. The van der Waals surface area contributed by atoms with Crippen LogP contribution in [0.1, 0.15) is 49.9 Å². The second-order valence-electron chi connectivity index (χ2n) is 17.2. The Hall–Kier alpha value is -6.96. The summed E-state index contributed by atoms with van der Waals surface area (Å²) in [5, 5.41) is 2.46. The lowest BCUT2D eigenvalue weighted by atomic mass is 9.81. The molecule has 11 rings (SSSR count). The van der Waals surface area contributed by atoms with E-state index in [1.807, 2.05) is 0 Å². The molecule has 0 N–H and O–H groups in total. The van der Waals surface area contributed by atoms with Gasteiger partial charge in [0.25, 0.3) is 0 Å². The molecule has 2 aliphatic carbocycles. The van der Waals surface area contributed by atoms with Crippen LogP contribution in [0.5, 0.6) is 0 Å². The van der Waals surface area contributed by atoms with Crippen LogP contribution in [-0.4, -0.2) is 0 Å². The average molecular weight is 756 g/mol. The van der Waals surface area contributed by atoms with E-state index < -0.39 is 0 Å². The Morgan fingerprint density at radius 3 is 1.64 bits per heavy atom. The molecular weight excluding hydrogens is 711 g/mol. The van der Waals surface area contributed by atoms with E-state index in [9.17, 15) is 0 Å². The Kier molecular flexibility index (Phi) is 7.94. The predicted molar refractivity (Wildman–Crippen MR) is 250 cm³/mol. The van der Waals surface area contributed by atoms with E-state index in [-0.39, 0.29) is 10.8 Å². The van der Waals surface area contributed by atoms with Crippen molar-refractivity contribution >= 4 is 27.8 Å². The fourth-order valence-electron chi connectivity index (χ4n) is 10.4. The first kappa shape index (κ1) is 35.2. The van der Waals surface area contributed by atoms with Gasteiger partial charge in [0.15, 0.2) is 0 Å². The van der Waals surface area contributed by atoms with Gasteiger partial charge in [-0.05, 0) is 102 Å². The average Bonchev–Trinajstić information content (AvgIpc) is 3.66. The van der Waals surface area contributed by atoms with Gasteiger partial charge in [-0.2, -0.15) is 0 Å². The molecule has 0 radical (unpaired) electrons. The van der Waals surface area contributed by atoms with Crippen LogP contribution in [0.2, 0.25) is 0 Å². The van der Waals surface area contributed by atoms with Crippen molar-refractivity contribution in [2.24, 2.45) is 0 Å². The Bertz CT molecular complexity index is 3100. The summed E-state index contributed by atoms with van der Waals surface area (Å²) in [5.41, 5.74) is 21.2. The molecule has 0 atom stereocenters. The third-order valence-electron chi connectivity index (χ3n) is 13.3. The minimum Gasteiger partial charge on any atom is -0.309 e. The number of benzene rings is 9. The molecule has 9 aromatic carbocycles. The van der Waals surface area contributed by atoms with Gasteiger partial charge in [0.05, 0.1) is 11.4 Å². The van der Waals surface area contributed by atoms with Gasteiger partial charge in [0.1, 0.15) is 0 Å². The van der Waals surface area contributed by atoms with Crippen LogP contribution in [-0.2, 0) is 10.8 Å². The highest BCUT2D eigenvalue weighted by Crippen LogP contribution is 2.57. The minimum atomic E-state index is -0.163. The van der Waals surface area contributed by atoms with Crippen LogP contribution >= 0.6 is 0 Å². The molecule has 2 aliphatic rings. The summed E-state index contributed by atoms with van der Waals surface area (Å²) in [6.45, 7) is 9.52. The van der Waals surface area contributed by atoms with Crippen molar-refractivity contribution in [3.63, 3.8) is 0 Å². The van der Waals surface area contributed by atoms with Gasteiger partial charge in [-0.3, -0.25) is 0 Å². The molecule has 0 fully saturated rings. The van der Waals surface area contributed by atoms with Crippen molar-refractivity contribution in [1.29, 1.82) is 0 Å². The van der Waals surface area contributed by atoms with E-state index in [2.05, 4.69) is 233 Å². The van der Waals surface area contributed by atoms with Crippen LogP contribution in [0.4, 0.5) is 17.1 Å². The highest BCUT2D eigenvalue weighted by atomic mass is 15.1. The van der Waals surface area contributed by atoms with E-state index in [4.69, 9.17) is 0 Å². The molecule has 0 saturated carbocycles. The zero-order chi connectivity index (χ0) is 39.9. The summed E-state index contributed by atoms with van der Waals surface area (Å²) in [4.78, 5) is 2.57. The number of hydrogen-bond acceptors (Lipinski definition) is 1. The lowest BCUT2D eigenvalue weighted by Crippen LogP contribution is -2.17. The summed E-state index contributed by atoms with van der Waals surface area (Å²) in [5.74, 6) is 0. The maximum atomic E-state index is 2.57. The summed E-state index contributed by atoms with van der Waals surface area (Å²) in [6.07, 6.45) is 0. The molecule has 1 heteroatoms. The second kappa shape index (κ2) is 13.3. The van der Waals surface area contributed by atoms with Crippen molar-refractivity contribution in [3.8, 4) is 55.6 Å². The molecule has 0 aromatic heterocycles. The number of hydrogen-bond donors (Lipinski definition) is 0. The van der Waals surface area contributed by atoms with E-state index in [1.54, 1.807) is 0 Å². The lowest BCUT2D eigenvalue weighted by Gasteiger charge is -2.33. The largest absolute Gasteiger partial charge is 0.309 e. The fraction of sp³-hybridized carbons (Fsp3) is 0.103. The molecule has 0 heterocycles. The van der Waals surface area contributed by atoms with Crippen molar-refractivity contribution in [1.82, 2.24) is 0 Å². The zero-order valence-corrected chi connectivity index (χ0v) is 34.0. The van der Waals surface area contributed by atoms with E-state index in [0.717, 1.165) is 17.1 Å². The molecule has 59 heavy (non-hydrogen) atoms. The number of nitrogens with zero attached hydrogens (tertiary/aromatic N) is 1. The molecule has 0 aliphatic heterocycles. The van der Waals surface area contributed by atoms with Gasteiger partial charge < -0.3 is 4.90 Å². The topological polar surface area (TPSA) is 3.24 Å². The van der Waals surface area contributed by atoms with Crippen molar-refractivity contribution < 1.29 is 0 Å². The van der Waals surface area contributed by atoms with Gasteiger partial charge in [-0.1, -0.05) is 204 Å². The van der Waals surface area contributed by atoms with Crippen molar-refractivity contribution in [2.75, 3.05) is 4.90 Å². The normalized spacial score (nSPS) is 14.0. The minimum absolute atomic E-state index is 0.128. The molecule has 0 spiro atoms. The number of anilines is 3. The Morgan fingerprint density at radius 1 is 0.322 bits per heavy atom. The van der Waals surface area contributed by atoms with E-state index in [1.165, 1.54) is 88.7 Å². The van der Waals surface area contributed by atoms with E-state index in [0.29, 0.717) is 0 Å². The van der Waals surface area contributed by atoms with Crippen LogP contribution in [0.3, 0.4) is 0 Å². The second-order valence-corrected chi connectivity index (χ2v) is 17.2. The molecule has 0 saturated heterocycles. The predicted octanol–water partition coefficient (Wildman–Crippen LogP) is 15.9. The maximum absolute atomic E-state index is 2.57. The van der Waals surface area contributed by atoms with Gasteiger partial charge in [-0.25, -0.2) is 0 Å². The molecule has 282 valence electrons. The Labute approximate surface area is 347 Å². The Morgan fingerprint density at radius 2 is 0.864 bits per heavy atom. The number of fused-ring (bicyclic) bond motifs is 7. The van der Waals surface area contributed by atoms with Crippen LogP contribution in [0.25, 0.3) is 66.4 Å². The van der Waals surface area contributed by atoms with E-state index >= 15 is 0 Å². The van der Waals surface area contributed by atoms with Gasteiger partial charge in [-0.15, -0.1) is 0 Å².